The molecule has 25 heavy (non-hydrogen) atoms. The lowest BCUT2D eigenvalue weighted by atomic mass is 9.91. The molecule has 0 unspecified atom stereocenters. The quantitative estimate of drug-likeness (QED) is 0.849. The molecule has 1 aliphatic rings. The predicted octanol–water partition coefficient (Wildman–Crippen LogP) is 1.67. The van der Waals surface area contributed by atoms with Gasteiger partial charge in [-0.2, -0.15) is 0 Å². The second-order valence-corrected chi connectivity index (χ2v) is 6.72. The summed E-state index contributed by atoms with van der Waals surface area (Å²) in [6.07, 6.45) is 1.60. The highest BCUT2D eigenvalue weighted by atomic mass is 16.4. The highest BCUT2D eigenvalue weighted by Gasteiger charge is 2.37. The van der Waals surface area contributed by atoms with E-state index in [4.69, 9.17) is 0 Å². The largest absolute Gasteiger partial charge is 0.480 e. The van der Waals surface area contributed by atoms with E-state index >= 15 is 0 Å². The monoisotopic (exact) mass is 346 g/mol. The first kappa shape index (κ1) is 19.0. The number of carbonyl (C=O) groups excluding carboxylic acids is 2. The average Bonchev–Trinajstić information content (AvgIpc) is 2.59. The Hall–Kier alpha value is -2.37. The Morgan fingerprint density at radius 3 is 2.56 bits per heavy atom. The lowest BCUT2D eigenvalue weighted by Crippen LogP contribution is -2.53. The van der Waals surface area contributed by atoms with E-state index < -0.39 is 12.0 Å². The molecule has 0 aliphatic carbocycles. The van der Waals surface area contributed by atoms with Crippen LogP contribution >= 0.6 is 0 Å². The summed E-state index contributed by atoms with van der Waals surface area (Å²) in [6, 6.07) is 5.25. The smallest absolute Gasteiger partial charge is 0.326 e. The van der Waals surface area contributed by atoms with Crippen LogP contribution in [0.3, 0.4) is 0 Å². The van der Waals surface area contributed by atoms with Gasteiger partial charge in [-0.05, 0) is 44.2 Å². The zero-order chi connectivity index (χ0) is 18.6. The van der Waals surface area contributed by atoms with Crippen LogP contribution in [0.15, 0.2) is 18.2 Å². The molecule has 1 aromatic carbocycles. The molecule has 1 heterocycles. The summed E-state index contributed by atoms with van der Waals surface area (Å²) in [5.41, 5.74) is 3.39. The zero-order valence-corrected chi connectivity index (χ0v) is 15.0. The van der Waals surface area contributed by atoms with Gasteiger partial charge >= 0.3 is 5.97 Å². The predicted molar refractivity (Wildman–Crippen MR) is 94.2 cm³/mol. The zero-order valence-electron chi connectivity index (χ0n) is 15.0. The first-order valence-electron chi connectivity index (χ1n) is 8.63. The molecule has 136 valence electrons. The van der Waals surface area contributed by atoms with Crippen LogP contribution in [0.5, 0.6) is 0 Å². The van der Waals surface area contributed by atoms with Crippen molar-refractivity contribution in [1.82, 2.24) is 10.2 Å². The number of aliphatic carboxylic acids is 1. The highest BCUT2D eigenvalue weighted by molar-refractivity contribution is 5.86. The van der Waals surface area contributed by atoms with Gasteiger partial charge in [0.1, 0.15) is 6.04 Å². The van der Waals surface area contributed by atoms with Gasteiger partial charge < -0.3 is 15.3 Å². The van der Waals surface area contributed by atoms with Crippen LogP contribution in [-0.4, -0.2) is 47.4 Å². The van der Waals surface area contributed by atoms with Crippen molar-refractivity contribution in [1.29, 1.82) is 0 Å². The fourth-order valence-corrected chi connectivity index (χ4v) is 3.43. The van der Waals surface area contributed by atoms with Gasteiger partial charge in [0, 0.05) is 20.0 Å². The van der Waals surface area contributed by atoms with Gasteiger partial charge in [-0.15, -0.1) is 0 Å². The molecule has 1 fully saturated rings. The summed E-state index contributed by atoms with van der Waals surface area (Å²) in [6.45, 7) is 4.20. The topological polar surface area (TPSA) is 86.7 Å². The molecule has 1 aromatic rings. The summed E-state index contributed by atoms with van der Waals surface area (Å²) in [4.78, 5) is 37.4. The van der Waals surface area contributed by atoms with Gasteiger partial charge in [0.2, 0.25) is 11.8 Å². The molecule has 1 saturated heterocycles. The Labute approximate surface area is 148 Å². The Balaban J connectivity index is 2.07. The minimum absolute atomic E-state index is 0.143. The summed E-state index contributed by atoms with van der Waals surface area (Å²) in [7, 11) is 1.55. The number of carbonyl (C=O) groups is 3. The van der Waals surface area contributed by atoms with E-state index in [-0.39, 0.29) is 30.7 Å². The van der Waals surface area contributed by atoms with Gasteiger partial charge in [-0.1, -0.05) is 23.8 Å². The Bertz CT molecular complexity index is 671. The molecule has 6 nitrogen and oxygen atoms in total. The number of nitrogens with one attached hydrogen (secondary N) is 1. The minimum Gasteiger partial charge on any atom is -0.480 e. The molecule has 2 amide bonds. The maximum absolute atomic E-state index is 12.7. The van der Waals surface area contributed by atoms with Crippen molar-refractivity contribution < 1.29 is 19.5 Å². The van der Waals surface area contributed by atoms with Crippen LogP contribution in [0.25, 0.3) is 0 Å². The number of aryl methyl sites for hydroxylation is 3. The number of nitrogens with zero attached hydrogens (tertiary/aromatic N) is 1. The Kier molecular flexibility index (Phi) is 6.17. The van der Waals surface area contributed by atoms with Crippen molar-refractivity contribution in [3.63, 3.8) is 0 Å². The second kappa shape index (κ2) is 8.14. The number of carboxylic acids is 1. The van der Waals surface area contributed by atoms with E-state index in [0.717, 1.165) is 11.1 Å². The van der Waals surface area contributed by atoms with Crippen LogP contribution in [0, 0.1) is 19.8 Å². The lowest BCUT2D eigenvalue weighted by molar-refractivity contribution is -0.154. The van der Waals surface area contributed by atoms with Crippen molar-refractivity contribution in [2.75, 3.05) is 13.6 Å². The van der Waals surface area contributed by atoms with E-state index in [1.165, 1.54) is 10.5 Å². The normalized spacial score (nSPS) is 20.2. The van der Waals surface area contributed by atoms with Crippen LogP contribution < -0.4 is 5.32 Å². The van der Waals surface area contributed by atoms with Crippen LogP contribution in [0.4, 0.5) is 0 Å². The molecule has 2 atom stereocenters. The van der Waals surface area contributed by atoms with Gasteiger partial charge in [-0.25, -0.2) is 4.79 Å². The fourth-order valence-electron chi connectivity index (χ4n) is 3.43. The number of benzene rings is 1. The highest BCUT2D eigenvalue weighted by Crippen LogP contribution is 2.24. The molecular formula is C19H26N2O4. The van der Waals surface area contributed by atoms with E-state index in [1.54, 1.807) is 7.05 Å². The third-order valence-corrected chi connectivity index (χ3v) is 4.91. The molecule has 0 bridgehead atoms. The van der Waals surface area contributed by atoms with E-state index in [0.29, 0.717) is 19.3 Å². The van der Waals surface area contributed by atoms with Crippen molar-refractivity contribution in [3.05, 3.63) is 34.9 Å². The third-order valence-electron chi connectivity index (χ3n) is 4.91. The van der Waals surface area contributed by atoms with Crippen molar-refractivity contribution in [3.8, 4) is 0 Å². The molecule has 1 aliphatic heterocycles. The number of carboxylic acid groups (broad SMARTS) is 1. The van der Waals surface area contributed by atoms with Crippen LogP contribution in [0.2, 0.25) is 0 Å². The number of piperidine rings is 1. The standard InChI is InChI=1S/C19H26N2O4/c1-12-4-5-14(13(2)10-12)7-9-17(22)21-11-15(18(23)20-3)6-8-16(21)19(24)25/h4-5,10,15-16H,6-9,11H2,1-3H3,(H,20,23)(H,24,25)/t15-,16-/m0/s1. The van der Waals surface area contributed by atoms with Crippen LogP contribution in [-0.2, 0) is 20.8 Å². The van der Waals surface area contributed by atoms with Crippen molar-refractivity contribution in [2.24, 2.45) is 5.92 Å². The van der Waals surface area contributed by atoms with Crippen molar-refractivity contribution >= 4 is 17.8 Å². The van der Waals surface area contributed by atoms with Gasteiger partial charge in [0.25, 0.3) is 0 Å². The Morgan fingerprint density at radius 2 is 1.96 bits per heavy atom. The summed E-state index contributed by atoms with van der Waals surface area (Å²) in [5.74, 6) is -1.70. The summed E-state index contributed by atoms with van der Waals surface area (Å²) in [5, 5.41) is 12.0. The third kappa shape index (κ3) is 4.59. The van der Waals surface area contributed by atoms with Gasteiger partial charge in [0.05, 0.1) is 5.92 Å². The fraction of sp³-hybridized carbons (Fsp3) is 0.526. The molecule has 0 spiro atoms. The summed E-state index contributed by atoms with van der Waals surface area (Å²) >= 11 is 0. The molecule has 0 radical (unpaired) electrons. The van der Waals surface area contributed by atoms with E-state index in [1.807, 2.05) is 26.0 Å². The first-order valence-corrected chi connectivity index (χ1v) is 8.63. The molecule has 0 aromatic heterocycles. The number of likely N-dealkylation sites (tertiary alicyclic amines) is 1. The molecule has 2 rings (SSSR count). The van der Waals surface area contributed by atoms with Crippen molar-refractivity contribution in [2.45, 2.75) is 45.6 Å². The van der Waals surface area contributed by atoms with E-state index in [9.17, 15) is 19.5 Å². The maximum Gasteiger partial charge on any atom is 0.326 e. The SMILES string of the molecule is CNC(=O)[C@H]1CC[C@@H](C(=O)O)N(C(=O)CCc2ccc(C)cc2C)C1. The van der Waals surface area contributed by atoms with Crippen LogP contribution in [0.1, 0.15) is 36.0 Å². The molecular weight excluding hydrogens is 320 g/mol. The lowest BCUT2D eigenvalue weighted by Gasteiger charge is -2.36. The number of amides is 2. The second-order valence-electron chi connectivity index (χ2n) is 6.72. The Morgan fingerprint density at radius 1 is 1.24 bits per heavy atom. The van der Waals surface area contributed by atoms with Gasteiger partial charge in [0.15, 0.2) is 0 Å². The average molecular weight is 346 g/mol. The number of hydrogen-bond acceptors (Lipinski definition) is 3. The molecule has 0 saturated carbocycles. The summed E-state index contributed by atoms with van der Waals surface area (Å²) < 4.78 is 0. The minimum atomic E-state index is -1.00. The van der Waals surface area contributed by atoms with Gasteiger partial charge in [-0.3, -0.25) is 9.59 Å². The first-order chi connectivity index (χ1) is 11.8. The molecule has 2 N–H and O–H groups in total. The maximum atomic E-state index is 12.7. The van der Waals surface area contributed by atoms with E-state index in [2.05, 4.69) is 11.4 Å². The molecule has 6 heteroatoms. The number of hydrogen-bond donors (Lipinski definition) is 2. The number of rotatable bonds is 5.